The normalized spacial score (nSPS) is 16.5. The molecule has 26 heavy (non-hydrogen) atoms. The Labute approximate surface area is 159 Å². The number of piperidine rings is 1. The molecular formula is C19H24N2O3S2. The molecule has 1 amide bonds. The average Bonchev–Trinajstić information content (AvgIpc) is 3.18. The van der Waals surface area contributed by atoms with Gasteiger partial charge < -0.3 is 4.90 Å². The molecule has 0 N–H and O–H groups in total. The number of hydrogen-bond donors (Lipinski definition) is 0. The highest BCUT2D eigenvalue weighted by Crippen LogP contribution is 2.29. The zero-order chi connectivity index (χ0) is 18.7. The maximum Gasteiger partial charge on any atom is 0.252 e. The summed E-state index contributed by atoms with van der Waals surface area (Å²) in [6, 6.07) is 13.1. The van der Waals surface area contributed by atoms with Crippen LogP contribution < -0.4 is 4.90 Å². The molecule has 0 atom stereocenters. The molecule has 0 bridgehead atoms. The van der Waals surface area contributed by atoms with Crippen LogP contribution in [0.1, 0.15) is 24.6 Å². The number of hydrogen-bond acceptors (Lipinski definition) is 4. The lowest BCUT2D eigenvalue weighted by atomic mass is 9.96. The van der Waals surface area contributed by atoms with E-state index in [1.165, 1.54) is 15.6 Å². The Balaban J connectivity index is 1.64. The first-order valence-electron chi connectivity index (χ1n) is 8.85. The number of rotatable bonds is 5. The van der Waals surface area contributed by atoms with Crippen LogP contribution in [0.25, 0.3) is 0 Å². The highest BCUT2D eigenvalue weighted by Gasteiger charge is 2.34. The fraction of sp³-hybridized carbons (Fsp3) is 0.421. The molecule has 1 aliphatic heterocycles. The van der Waals surface area contributed by atoms with Crippen molar-refractivity contribution in [3.8, 4) is 0 Å². The molecule has 0 spiro atoms. The van der Waals surface area contributed by atoms with E-state index in [0.29, 0.717) is 30.1 Å². The summed E-state index contributed by atoms with van der Waals surface area (Å²) in [6.07, 6.45) is 1.95. The van der Waals surface area contributed by atoms with Crippen LogP contribution in [-0.2, 0) is 21.2 Å². The molecule has 7 heteroatoms. The van der Waals surface area contributed by atoms with Gasteiger partial charge in [0.25, 0.3) is 10.0 Å². The second-order valence-electron chi connectivity index (χ2n) is 6.49. The zero-order valence-electron chi connectivity index (χ0n) is 15.1. The number of carbonyl (C=O) groups excluding carboxylic acids is 1. The van der Waals surface area contributed by atoms with Gasteiger partial charge in [-0.1, -0.05) is 25.1 Å². The molecule has 1 aromatic carbocycles. The third-order valence-corrected chi connectivity index (χ3v) is 8.45. The molecule has 0 aliphatic carbocycles. The minimum atomic E-state index is -3.45. The Morgan fingerprint density at radius 3 is 2.38 bits per heavy atom. The molecule has 0 saturated carbocycles. The third-order valence-electron chi connectivity index (χ3n) is 4.86. The van der Waals surface area contributed by atoms with Gasteiger partial charge in [0.2, 0.25) is 5.91 Å². The number of sulfonamides is 1. The lowest BCUT2D eigenvalue weighted by molar-refractivity contribution is -0.123. The SMILES string of the molecule is CCc1ccc(S(=O)(=O)N2CCC(C(=O)N(C)c3ccccc3)CC2)s1. The van der Waals surface area contributed by atoms with Crippen LogP contribution in [0.2, 0.25) is 0 Å². The molecule has 0 unspecified atom stereocenters. The molecule has 1 saturated heterocycles. The summed E-state index contributed by atoms with van der Waals surface area (Å²) in [5, 5.41) is 0. The molecule has 2 aromatic rings. The summed E-state index contributed by atoms with van der Waals surface area (Å²) in [5.41, 5.74) is 0.859. The van der Waals surface area contributed by atoms with Gasteiger partial charge in [-0.25, -0.2) is 8.42 Å². The van der Waals surface area contributed by atoms with Gasteiger partial charge in [-0.2, -0.15) is 4.31 Å². The number of amides is 1. The van der Waals surface area contributed by atoms with Gasteiger partial charge in [-0.05, 0) is 43.5 Å². The number of benzene rings is 1. The van der Waals surface area contributed by atoms with Crippen LogP contribution in [0, 0.1) is 5.92 Å². The van der Waals surface area contributed by atoms with Crippen molar-refractivity contribution in [3.63, 3.8) is 0 Å². The van der Waals surface area contributed by atoms with E-state index >= 15 is 0 Å². The van der Waals surface area contributed by atoms with Gasteiger partial charge in [0.05, 0.1) is 0 Å². The lowest BCUT2D eigenvalue weighted by Crippen LogP contribution is -2.43. The van der Waals surface area contributed by atoms with E-state index in [-0.39, 0.29) is 11.8 Å². The van der Waals surface area contributed by atoms with Gasteiger partial charge in [-0.15, -0.1) is 11.3 Å². The third kappa shape index (κ3) is 3.84. The number of carbonyl (C=O) groups is 1. The summed E-state index contributed by atoms with van der Waals surface area (Å²) in [5.74, 6) is -0.0844. The highest BCUT2D eigenvalue weighted by molar-refractivity contribution is 7.91. The molecule has 2 heterocycles. The van der Waals surface area contributed by atoms with Crippen LogP contribution in [0.3, 0.4) is 0 Å². The van der Waals surface area contributed by atoms with Crippen LogP contribution in [0.15, 0.2) is 46.7 Å². The molecule has 5 nitrogen and oxygen atoms in total. The summed E-state index contributed by atoms with van der Waals surface area (Å²) in [7, 11) is -1.67. The lowest BCUT2D eigenvalue weighted by Gasteiger charge is -2.32. The van der Waals surface area contributed by atoms with Crippen LogP contribution in [0.5, 0.6) is 0 Å². The first-order valence-corrected chi connectivity index (χ1v) is 11.1. The average molecular weight is 393 g/mol. The standard InChI is InChI=1S/C19H24N2O3S2/c1-3-17-9-10-18(25-17)26(23,24)21-13-11-15(12-14-21)19(22)20(2)16-7-5-4-6-8-16/h4-10,15H,3,11-14H2,1-2H3. The van der Waals surface area contributed by atoms with Crippen LogP contribution in [-0.4, -0.2) is 38.8 Å². The number of nitrogens with zero attached hydrogens (tertiary/aromatic N) is 2. The molecule has 0 radical (unpaired) electrons. The van der Waals surface area contributed by atoms with Gasteiger partial charge >= 0.3 is 0 Å². The smallest absolute Gasteiger partial charge is 0.252 e. The molecular weight excluding hydrogens is 368 g/mol. The van der Waals surface area contributed by atoms with Crippen molar-refractivity contribution >= 4 is 33.0 Å². The Morgan fingerprint density at radius 2 is 1.81 bits per heavy atom. The predicted octanol–water partition coefficient (Wildman–Crippen LogP) is 3.37. The van der Waals surface area contributed by atoms with E-state index in [0.717, 1.165) is 17.0 Å². The van der Waals surface area contributed by atoms with E-state index in [4.69, 9.17) is 0 Å². The van der Waals surface area contributed by atoms with E-state index in [1.807, 2.05) is 43.3 Å². The van der Waals surface area contributed by atoms with Crippen molar-refractivity contribution < 1.29 is 13.2 Å². The number of para-hydroxylation sites is 1. The fourth-order valence-corrected chi connectivity index (χ4v) is 6.13. The van der Waals surface area contributed by atoms with E-state index < -0.39 is 10.0 Å². The Kier molecular flexibility index (Phi) is 5.79. The Hall–Kier alpha value is -1.70. The second kappa shape index (κ2) is 7.90. The first-order chi connectivity index (χ1) is 12.4. The molecule has 1 aliphatic rings. The van der Waals surface area contributed by atoms with Crippen molar-refractivity contribution in [2.45, 2.75) is 30.4 Å². The number of anilines is 1. The Morgan fingerprint density at radius 1 is 1.15 bits per heavy atom. The monoisotopic (exact) mass is 392 g/mol. The van der Waals surface area contributed by atoms with E-state index in [2.05, 4.69) is 0 Å². The number of aryl methyl sites for hydroxylation is 1. The minimum Gasteiger partial charge on any atom is -0.315 e. The van der Waals surface area contributed by atoms with Crippen molar-refractivity contribution in [3.05, 3.63) is 47.3 Å². The minimum absolute atomic E-state index is 0.0534. The molecule has 3 rings (SSSR count). The van der Waals surface area contributed by atoms with Crippen molar-refractivity contribution in [1.82, 2.24) is 4.31 Å². The van der Waals surface area contributed by atoms with Gasteiger partial charge in [0.15, 0.2) is 0 Å². The van der Waals surface area contributed by atoms with Crippen molar-refractivity contribution in [1.29, 1.82) is 0 Å². The summed E-state index contributed by atoms with van der Waals surface area (Å²) < 4.78 is 27.5. The largest absolute Gasteiger partial charge is 0.315 e. The molecule has 1 fully saturated rings. The van der Waals surface area contributed by atoms with Gasteiger partial charge in [0.1, 0.15) is 4.21 Å². The fourth-order valence-electron chi connectivity index (χ4n) is 3.21. The molecule has 140 valence electrons. The topological polar surface area (TPSA) is 57.7 Å². The predicted molar refractivity (Wildman–Crippen MR) is 105 cm³/mol. The van der Waals surface area contributed by atoms with E-state index in [9.17, 15) is 13.2 Å². The number of thiophene rings is 1. The van der Waals surface area contributed by atoms with Gasteiger partial charge in [-0.3, -0.25) is 4.79 Å². The zero-order valence-corrected chi connectivity index (χ0v) is 16.7. The highest BCUT2D eigenvalue weighted by atomic mass is 32.2. The van der Waals surface area contributed by atoms with Crippen LogP contribution in [0.4, 0.5) is 5.69 Å². The Bertz CT molecular complexity index is 854. The van der Waals surface area contributed by atoms with E-state index in [1.54, 1.807) is 18.0 Å². The first kappa shape index (κ1) is 19.1. The second-order valence-corrected chi connectivity index (χ2v) is 9.82. The van der Waals surface area contributed by atoms with Crippen molar-refractivity contribution in [2.75, 3.05) is 25.0 Å². The summed E-state index contributed by atoms with van der Waals surface area (Å²) >= 11 is 1.34. The van der Waals surface area contributed by atoms with Crippen molar-refractivity contribution in [2.24, 2.45) is 5.92 Å². The quantitative estimate of drug-likeness (QED) is 0.784. The van der Waals surface area contributed by atoms with Gasteiger partial charge in [0, 0.05) is 36.6 Å². The summed E-state index contributed by atoms with van der Waals surface area (Å²) in [6.45, 7) is 2.80. The van der Waals surface area contributed by atoms with Crippen LogP contribution >= 0.6 is 11.3 Å². The molecule has 1 aromatic heterocycles. The maximum atomic E-state index is 12.8. The summed E-state index contributed by atoms with van der Waals surface area (Å²) in [4.78, 5) is 15.5. The maximum absolute atomic E-state index is 12.8.